The molecule has 1 fully saturated rings. The number of ether oxygens (including phenoxy) is 1. The predicted octanol–water partition coefficient (Wildman–Crippen LogP) is 3.00. The average Bonchev–Trinajstić information content (AvgIpc) is 3.36. The zero-order chi connectivity index (χ0) is 25.8. The van der Waals surface area contributed by atoms with Gasteiger partial charge in [-0.25, -0.2) is 17.5 Å². The third kappa shape index (κ3) is 9.97. The molecule has 1 heterocycles. The Morgan fingerprint density at radius 2 is 1.69 bits per heavy atom. The van der Waals surface area contributed by atoms with Gasteiger partial charge in [0.05, 0.1) is 6.04 Å². The number of rotatable bonds is 14. The number of hydrogen-bond acceptors (Lipinski definition) is 6. The van der Waals surface area contributed by atoms with Crippen LogP contribution < -0.4 is 10.6 Å². The van der Waals surface area contributed by atoms with Crippen LogP contribution in [0.4, 0.5) is 4.79 Å². The zero-order valence-corrected chi connectivity index (χ0v) is 21.8. The summed E-state index contributed by atoms with van der Waals surface area (Å²) >= 11 is 0. The van der Waals surface area contributed by atoms with E-state index in [1.165, 1.54) is 4.31 Å². The Kier molecular flexibility index (Phi) is 11.7. The Morgan fingerprint density at radius 1 is 1.03 bits per heavy atom. The largest absolute Gasteiger partial charge is 0.445 e. The van der Waals surface area contributed by atoms with Crippen LogP contribution in [0.2, 0.25) is 0 Å². The van der Waals surface area contributed by atoms with E-state index in [2.05, 4.69) is 10.6 Å². The number of ketones is 1. The van der Waals surface area contributed by atoms with Crippen LogP contribution in [0.3, 0.4) is 0 Å². The lowest BCUT2D eigenvalue weighted by Gasteiger charge is -2.24. The highest BCUT2D eigenvalue weighted by Gasteiger charge is 2.33. The molecule has 2 atom stereocenters. The van der Waals surface area contributed by atoms with Gasteiger partial charge in [0.15, 0.2) is 5.78 Å². The third-order valence-corrected chi connectivity index (χ3v) is 7.66. The number of Topliss-reactive ketones (excluding diaryl/α,β-unsaturated/α-hetero) is 1. The summed E-state index contributed by atoms with van der Waals surface area (Å²) < 4.78 is 31.9. The molecule has 0 spiro atoms. The van der Waals surface area contributed by atoms with E-state index >= 15 is 0 Å². The van der Waals surface area contributed by atoms with E-state index in [-0.39, 0.29) is 12.5 Å². The minimum atomic E-state index is -3.71. The number of benzene rings is 1. The van der Waals surface area contributed by atoms with Gasteiger partial charge in [0, 0.05) is 13.1 Å². The molecule has 2 N–H and O–H groups in total. The van der Waals surface area contributed by atoms with Crippen LogP contribution in [-0.4, -0.2) is 61.4 Å². The monoisotopic (exact) mass is 509 g/mol. The lowest BCUT2D eigenvalue weighted by molar-refractivity contribution is -0.128. The molecule has 0 aromatic heterocycles. The molecule has 9 nitrogen and oxygen atoms in total. The first kappa shape index (κ1) is 28.8. The maximum atomic E-state index is 13.1. The number of nitrogens with zero attached hydrogens (tertiary/aromatic N) is 1. The fourth-order valence-electron chi connectivity index (χ4n) is 3.94. The van der Waals surface area contributed by atoms with Crippen molar-refractivity contribution in [1.82, 2.24) is 14.9 Å². The second-order valence-corrected chi connectivity index (χ2v) is 11.4. The molecule has 1 saturated heterocycles. The van der Waals surface area contributed by atoms with Crippen molar-refractivity contribution in [2.75, 3.05) is 18.8 Å². The van der Waals surface area contributed by atoms with Crippen LogP contribution in [0.25, 0.3) is 0 Å². The molecule has 1 aliphatic rings. The smallest absolute Gasteiger partial charge is 0.408 e. The van der Waals surface area contributed by atoms with E-state index in [9.17, 15) is 22.8 Å². The topological polar surface area (TPSA) is 122 Å². The molecule has 1 aromatic carbocycles. The number of hydrogen-bond donors (Lipinski definition) is 2. The number of amides is 2. The van der Waals surface area contributed by atoms with Gasteiger partial charge < -0.3 is 15.4 Å². The van der Waals surface area contributed by atoms with Crippen LogP contribution in [0.1, 0.15) is 64.9 Å². The van der Waals surface area contributed by atoms with Crippen LogP contribution in [0, 0.1) is 5.92 Å². The zero-order valence-electron chi connectivity index (χ0n) is 21.0. The highest BCUT2D eigenvalue weighted by atomic mass is 32.2. The van der Waals surface area contributed by atoms with E-state index < -0.39 is 45.6 Å². The van der Waals surface area contributed by atoms with Gasteiger partial charge in [-0.2, -0.15) is 0 Å². The second-order valence-electron chi connectivity index (χ2n) is 9.42. The normalized spacial score (nSPS) is 16.0. The van der Waals surface area contributed by atoms with Crippen molar-refractivity contribution >= 4 is 27.8 Å². The van der Waals surface area contributed by atoms with Crippen molar-refractivity contribution in [2.45, 2.75) is 78.0 Å². The van der Waals surface area contributed by atoms with Crippen molar-refractivity contribution in [3.05, 3.63) is 35.9 Å². The number of sulfonamides is 1. The summed E-state index contributed by atoms with van der Waals surface area (Å²) in [5.74, 6) is -1.61. The molecule has 35 heavy (non-hydrogen) atoms. The molecule has 0 radical (unpaired) electrons. The second kappa shape index (κ2) is 14.2. The van der Waals surface area contributed by atoms with Crippen molar-refractivity contribution < 1.29 is 27.5 Å². The lowest BCUT2D eigenvalue weighted by atomic mass is 10.0. The van der Waals surface area contributed by atoms with E-state index in [0.717, 1.165) is 24.8 Å². The summed E-state index contributed by atoms with van der Waals surface area (Å²) in [5, 5.41) is 5.31. The van der Waals surface area contributed by atoms with Gasteiger partial charge in [-0.1, -0.05) is 63.9 Å². The molecule has 2 rings (SSSR count). The maximum absolute atomic E-state index is 13.1. The van der Waals surface area contributed by atoms with Gasteiger partial charge in [0.25, 0.3) is 0 Å². The number of carbonyl (C=O) groups is 3. The standard InChI is InChI=1S/C25H39N3O6S/c1-4-5-13-21(23(29)18-35(32,33)28-14-9-10-15-28)26-24(30)22(16-19(2)3)27-25(31)34-17-20-11-7-6-8-12-20/h6-8,11-12,19,21-22H,4-5,9-10,13-18H2,1-3H3,(H,26,30)(H,27,31)/t21-,22-/m0/s1. The predicted molar refractivity (Wildman–Crippen MR) is 134 cm³/mol. The molecule has 196 valence electrons. The summed E-state index contributed by atoms with van der Waals surface area (Å²) in [7, 11) is -3.71. The van der Waals surface area contributed by atoms with Gasteiger partial charge in [-0.05, 0) is 37.2 Å². The van der Waals surface area contributed by atoms with E-state index in [4.69, 9.17) is 4.74 Å². The van der Waals surface area contributed by atoms with Gasteiger partial charge in [-0.15, -0.1) is 0 Å². The summed E-state index contributed by atoms with van der Waals surface area (Å²) in [6.07, 6.45) is 2.96. The number of alkyl carbamates (subject to hydrolysis) is 1. The van der Waals surface area contributed by atoms with Crippen LogP contribution in [0.15, 0.2) is 30.3 Å². The molecular formula is C25H39N3O6S. The molecule has 0 aliphatic carbocycles. The third-order valence-electron chi connectivity index (χ3n) is 5.86. The Balaban J connectivity index is 2.03. The number of carbonyl (C=O) groups excluding carboxylic acids is 3. The molecule has 0 unspecified atom stereocenters. The highest BCUT2D eigenvalue weighted by molar-refractivity contribution is 7.89. The van der Waals surface area contributed by atoms with Crippen LogP contribution in [-0.2, 0) is 31.0 Å². The molecular weight excluding hydrogens is 470 g/mol. The van der Waals surface area contributed by atoms with Gasteiger partial charge in [0.2, 0.25) is 15.9 Å². The van der Waals surface area contributed by atoms with Gasteiger partial charge in [0.1, 0.15) is 18.4 Å². The fraction of sp³-hybridized carbons (Fsp3) is 0.640. The Hall–Kier alpha value is -2.46. The quantitative estimate of drug-likeness (QED) is 0.398. The minimum absolute atomic E-state index is 0.0641. The Morgan fingerprint density at radius 3 is 2.29 bits per heavy atom. The van der Waals surface area contributed by atoms with Crippen molar-refractivity contribution in [1.29, 1.82) is 0 Å². The molecule has 0 bridgehead atoms. The first-order valence-corrected chi connectivity index (χ1v) is 14.0. The SMILES string of the molecule is CCCC[C@H](NC(=O)[C@H](CC(C)C)NC(=O)OCc1ccccc1)C(=O)CS(=O)(=O)N1CCCC1. The number of unbranched alkanes of at least 4 members (excludes halogenated alkanes) is 1. The molecule has 0 saturated carbocycles. The summed E-state index contributed by atoms with van der Waals surface area (Å²) in [5.41, 5.74) is 0.817. The van der Waals surface area contributed by atoms with Crippen molar-refractivity contribution in [3.63, 3.8) is 0 Å². The Labute approximate surface area is 209 Å². The van der Waals surface area contributed by atoms with E-state index in [1.54, 1.807) is 0 Å². The van der Waals surface area contributed by atoms with Crippen LogP contribution in [0.5, 0.6) is 0 Å². The number of nitrogens with one attached hydrogen (secondary N) is 2. The van der Waals surface area contributed by atoms with Crippen molar-refractivity contribution in [3.8, 4) is 0 Å². The van der Waals surface area contributed by atoms with Crippen LogP contribution >= 0.6 is 0 Å². The van der Waals surface area contributed by atoms with Gasteiger partial charge in [-0.3, -0.25) is 9.59 Å². The molecule has 1 aliphatic heterocycles. The Bertz CT molecular complexity index is 930. The molecule has 1 aromatic rings. The summed E-state index contributed by atoms with van der Waals surface area (Å²) in [4.78, 5) is 38.4. The fourth-order valence-corrected chi connectivity index (χ4v) is 5.50. The van der Waals surface area contributed by atoms with Gasteiger partial charge >= 0.3 is 6.09 Å². The first-order chi connectivity index (χ1) is 16.6. The highest BCUT2D eigenvalue weighted by Crippen LogP contribution is 2.15. The van der Waals surface area contributed by atoms with E-state index in [0.29, 0.717) is 32.4 Å². The average molecular weight is 510 g/mol. The maximum Gasteiger partial charge on any atom is 0.408 e. The minimum Gasteiger partial charge on any atom is -0.445 e. The summed E-state index contributed by atoms with van der Waals surface area (Å²) in [6, 6.07) is 7.34. The lowest BCUT2D eigenvalue weighted by Crippen LogP contribution is -2.53. The molecule has 2 amide bonds. The molecule has 10 heteroatoms. The van der Waals surface area contributed by atoms with E-state index in [1.807, 2.05) is 51.1 Å². The van der Waals surface area contributed by atoms with Crippen molar-refractivity contribution in [2.24, 2.45) is 5.92 Å². The first-order valence-electron chi connectivity index (χ1n) is 12.4. The summed E-state index contributed by atoms with van der Waals surface area (Å²) in [6.45, 7) is 6.70.